The molecule has 0 fully saturated rings. The Kier molecular flexibility index (Phi) is 5.40. The van der Waals surface area contributed by atoms with Gasteiger partial charge in [-0.25, -0.2) is 4.79 Å². The number of aliphatic carboxylic acids is 1. The van der Waals surface area contributed by atoms with Crippen molar-refractivity contribution in [1.29, 1.82) is 0 Å². The second-order valence-corrected chi connectivity index (χ2v) is 3.34. The number of aliphatic hydroxyl groups is 1. The van der Waals surface area contributed by atoms with E-state index in [-0.39, 0.29) is 0 Å². The van der Waals surface area contributed by atoms with Crippen molar-refractivity contribution in [2.45, 2.75) is 31.5 Å². The number of carbonyl (C=O) groups excluding carboxylic acids is 2. The van der Waals surface area contributed by atoms with Crippen molar-refractivity contribution in [3.8, 4) is 0 Å². The monoisotopic (exact) mass is 233 g/mol. The number of nitrogens with two attached hydrogens (primary N) is 2. The van der Waals surface area contributed by atoms with E-state index in [1.807, 2.05) is 5.32 Å². The molecule has 0 aliphatic heterocycles. The predicted molar refractivity (Wildman–Crippen MR) is 53.0 cm³/mol. The minimum Gasteiger partial charge on any atom is -0.480 e. The quantitative estimate of drug-likeness (QED) is 0.332. The number of carbonyl (C=O) groups is 3. The lowest BCUT2D eigenvalue weighted by atomic mass is 10.1. The fraction of sp³-hybridized carbons (Fsp3) is 0.625. The van der Waals surface area contributed by atoms with E-state index in [1.54, 1.807) is 0 Å². The topological polar surface area (TPSA) is 156 Å². The van der Waals surface area contributed by atoms with Crippen LogP contribution in [0.15, 0.2) is 0 Å². The SMILES string of the molecule is C[C@H](O)[C@@H](NC(=O)[C@@H](N)CC(N)=O)C(=O)O. The van der Waals surface area contributed by atoms with Gasteiger partial charge in [-0.3, -0.25) is 9.59 Å². The maximum atomic E-state index is 11.3. The average Bonchev–Trinajstić information content (AvgIpc) is 2.11. The third-order valence-corrected chi connectivity index (χ3v) is 1.80. The van der Waals surface area contributed by atoms with Crippen molar-refractivity contribution in [2.24, 2.45) is 11.5 Å². The fourth-order valence-corrected chi connectivity index (χ4v) is 0.958. The summed E-state index contributed by atoms with van der Waals surface area (Å²) in [7, 11) is 0. The van der Waals surface area contributed by atoms with E-state index < -0.39 is 42.4 Å². The summed E-state index contributed by atoms with van der Waals surface area (Å²) < 4.78 is 0. The smallest absolute Gasteiger partial charge is 0.328 e. The minimum atomic E-state index is -1.47. The zero-order valence-electron chi connectivity index (χ0n) is 8.71. The fourth-order valence-electron chi connectivity index (χ4n) is 0.958. The molecule has 2 amide bonds. The standard InChI is InChI=1S/C8H15N3O5/c1-3(12)6(8(15)16)11-7(14)4(9)2-5(10)13/h3-4,6,12H,2,9H2,1H3,(H2,10,13)(H,11,14)(H,15,16)/t3-,4-,6+/m0/s1. The Morgan fingerprint density at radius 3 is 2.19 bits per heavy atom. The Labute approximate surface area is 91.6 Å². The first kappa shape index (κ1) is 14.3. The van der Waals surface area contributed by atoms with Crippen molar-refractivity contribution < 1.29 is 24.6 Å². The number of rotatable bonds is 6. The van der Waals surface area contributed by atoms with E-state index in [9.17, 15) is 14.4 Å². The lowest BCUT2D eigenvalue weighted by Crippen LogP contribution is -2.53. The van der Waals surface area contributed by atoms with Gasteiger partial charge >= 0.3 is 5.97 Å². The van der Waals surface area contributed by atoms with Crippen molar-refractivity contribution in [2.75, 3.05) is 0 Å². The highest BCUT2D eigenvalue weighted by Gasteiger charge is 2.27. The number of amides is 2. The summed E-state index contributed by atoms with van der Waals surface area (Å²) in [5.74, 6) is -3.02. The third kappa shape index (κ3) is 4.71. The Balaban J connectivity index is 4.40. The van der Waals surface area contributed by atoms with Gasteiger partial charge in [-0.1, -0.05) is 0 Å². The molecule has 0 rings (SSSR count). The minimum absolute atomic E-state index is 0.391. The number of aliphatic hydroxyl groups excluding tert-OH is 1. The highest BCUT2D eigenvalue weighted by atomic mass is 16.4. The van der Waals surface area contributed by atoms with Crippen LogP contribution in [0, 0.1) is 0 Å². The zero-order chi connectivity index (χ0) is 12.9. The Morgan fingerprint density at radius 2 is 1.88 bits per heavy atom. The zero-order valence-corrected chi connectivity index (χ0v) is 8.71. The lowest BCUT2D eigenvalue weighted by Gasteiger charge is -2.19. The van der Waals surface area contributed by atoms with Gasteiger partial charge in [0.1, 0.15) is 0 Å². The molecule has 0 saturated carbocycles. The molecule has 92 valence electrons. The first-order valence-electron chi connectivity index (χ1n) is 4.50. The highest BCUT2D eigenvalue weighted by molar-refractivity contribution is 5.90. The van der Waals surface area contributed by atoms with E-state index in [0.717, 1.165) is 0 Å². The van der Waals surface area contributed by atoms with Gasteiger partial charge < -0.3 is 27.0 Å². The van der Waals surface area contributed by atoms with Crippen LogP contribution in [0.1, 0.15) is 13.3 Å². The van der Waals surface area contributed by atoms with E-state index in [4.69, 9.17) is 21.7 Å². The molecule has 0 aliphatic carbocycles. The number of hydrogen-bond donors (Lipinski definition) is 5. The molecule has 0 saturated heterocycles. The number of carboxylic acids is 1. The summed E-state index contributed by atoms with van der Waals surface area (Å²) in [6.07, 6.45) is -1.67. The van der Waals surface area contributed by atoms with E-state index in [2.05, 4.69) is 0 Å². The molecule has 0 aliphatic rings. The molecular weight excluding hydrogens is 218 g/mol. The number of primary amides is 1. The van der Waals surface area contributed by atoms with Crippen molar-refractivity contribution >= 4 is 17.8 Å². The van der Waals surface area contributed by atoms with Gasteiger partial charge in [-0.05, 0) is 6.92 Å². The molecule has 0 aromatic rings. The maximum absolute atomic E-state index is 11.3. The van der Waals surface area contributed by atoms with E-state index in [0.29, 0.717) is 0 Å². The molecule has 0 aromatic carbocycles. The van der Waals surface area contributed by atoms with Crippen LogP contribution < -0.4 is 16.8 Å². The van der Waals surface area contributed by atoms with Crippen molar-refractivity contribution in [1.82, 2.24) is 5.32 Å². The van der Waals surface area contributed by atoms with Crippen LogP contribution in [0.4, 0.5) is 0 Å². The summed E-state index contributed by atoms with van der Waals surface area (Å²) in [6, 6.07) is -2.69. The summed E-state index contributed by atoms with van der Waals surface area (Å²) in [4.78, 5) is 32.4. The van der Waals surface area contributed by atoms with Crippen molar-refractivity contribution in [3.63, 3.8) is 0 Å². The van der Waals surface area contributed by atoms with Gasteiger partial charge in [0.15, 0.2) is 6.04 Å². The molecular formula is C8H15N3O5. The largest absolute Gasteiger partial charge is 0.480 e. The average molecular weight is 233 g/mol. The second kappa shape index (κ2) is 6.03. The molecule has 0 aromatic heterocycles. The van der Waals surface area contributed by atoms with Crippen molar-refractivity contribution in [3.05, 3.63) is 0 Å². The van der Waals surface area contributed by atoms with E-state index in [1.165, 1.54) is 6.92 Å². The number of hydrogen-bond acceptors (Lipinski definition) is 5. The van der Waals surface area contributed by atoms with Gasteiger partial charge in [-0.15, -0.1) is 0 Å². The number of carboxylic acid groups (broad SMARTS) is 1. The molecule has 0 spiro atoms. The summed E-state index contributed by atoms with van der Waals surface area (Å²) >= 11 is 0. The molecule has 16 heavy (non-hydrogen) atoms. The summed E-state index contributed by atoms with van der Waals surface area (Å²) in [5.41, 5.74) is 10.1. The summed E-state index contributed by atoms with van der Waals surface area (Å²) in [5, 5.41) is 19.7. The van der Waals surface area contributed by atoms with E-state index >= 15 is 0 Å². The lowest BCUT2D eigenvalue weighted by molar-refractivity contribution is -0.145. The maximum Gasteiger partial charge on any atom is 0.328 e. The molecule has 8 heteroatoms. The molecule has 0 bridgehead atoms. The van der Waals surface area contributed by atoms with Crippen LogP contribution in [0.25, 0.3) is 0 Å². The Bertz CT molecular complexity index is 291. The normalized spacial score (nSPS) is 15.9. The Hall–Kier alpha value is -1.67. The van der Waals surface area contributed by atoms with Crippen LogP contribution in [0.5, 0.6) is 0 Å². The van der Waals surface area contributed by atoms with Crippen LogP contribution >= 0.6 is 0 Å². The first-order chi connectivity index (χ1) is 7.25. The van der Waals surface area contributed by atoms with Crippen LogP contribution in [-0.2, 0) is 14.4 Å². The molecule has 7 N–H and O–H groups in total. The van der Waals surface area contributed by atoms with Crippen LogP contribution in [-0.4, -0.2) is 46.2 Å². The Morgan fingerprint density at radius 1 is 1.38 bits per heavy atom. The van der Waals surface area contributed by atoms with Gasteiger partial charge in [0.25, 0.3) is 0 Å². The molecule has 0 heterocycles. The second-order valence-electron chi connectivity index (χ2n) is 3.34. The van der Waals surface area contributed by atoms with Gasteiger partial charge in [0.05, 0.1) is 18.6 Å². The first-order valence-corrected chi connectivity index (χ1v) is 4.50. The van der Waals surface area contributed by atoms with Gasteiger partial charge in [-0.2, -0.15) is 0 Å². The van der Waals surface area contributed by atoms with Gasteiger partial charge in [0.2, 0.25) is 11.8 Å². The highest BCUT2D eigenvalue weighted by Crippen LogP contribution is 1.95. The third-order valence-electron chi connectivity index (χ3n) is 1.80. The molecule has 0 radical (unpaired) electrons. The number of nitrogens with one attached hydrogen (secondary N) is 1. The summed E-state index contributed by atoms with van der Waals surface area (Å²) in [6.45, 7) is 1.21. The predicted octanol–water partition coefficient (Wildman–Crippen LogP) is -2.86. The van der Waals surface area contributed by atoms with Crippen LogP contribution in [0.3, 0.4) is 0 Å². The molecule has 3 atom stereocenters. The molecule has 8 nitrogen and oxygen atoms in total. The van der Waals surface area contributed by atoms with Gasteiger partial charge in [0, 0.05) is 0 Å². The van der Waals surface area contributed by atoms with Crippen LogP contribution in [0.2, 0.25) is 0 Å². The molecule has 0 unspecified atom stereocenters.